The molecule has 0 bridgehead atoms. The summed E-state index contributed by atoms with van der Waals surface area (Å²) in [5, 5.41) is 19.6. The first-order chi connectivity index (χ1) is 11.8. The third-order valence-corrected chi connectivity index (χ3v) is 3.79. The predicted octanol–water partition coefficient (Wildman–Crippen LogP) is 5.37. The van der Waals surface area contributed by atoms with Gasteiger partial charge in [-0.2, -0.15) is 0 Å². The van der Waals surface area contributed by atoms with Gasteiger partial charge in [0.1, 0.15) is 11.5 Å². The van der Waals surface area contributed by atoms with Crippen LogP contribution in [0.3, 0.4) is 0 Å². The second-order valence-corrected chi connectivity index (χ2v) is 6.03. The smallest absolute Gasteiger partial charge is 0.121 e. The predicted molar refractivity (Wildman–Crippen MR) is 105 cm³/mol. The number of phenols is 2. The lowest BCUT2D eigenvalue weighted by atomic mass is 9.96. The van der Waals surface area contributed by atoms with E-state index < -0.39 is 0 Å². The number of hydrogen-bond acceptors (Lipinski definition) is 3. The van der Waals surface area contributed by atoms with E-state index >= 15 is 0 Å². The zero-order valence-corrected chi connectivity index (χ0v) is 15.6. The van der Waals surface area contributed by atoms with Crippen molar-refractivity contribution in [2.24, 2.45) is 0 Å². The van der Waals surface area contributed by atoms with Gasteiger partial charge in [0.2, 0.25) is 0 Å². The van der Waals surface area contributed by atoms with Gasteiger partial charge in [0, 0.05) is 0 Å². The van der Waals surface area contributed by atoms with Crippen LogP contribution in [-0.2, 0) is 4.74 Å². The van der Waals surface area contributed by atoms with Crippen molar-refractivity contribution in [2.45, 2.75) is 27.7 Å². The topological polar surface area (TPSA) is 49.7 Å². The van der Waals surface area contributed by atoms with Crippen LogP contribution in [0.1, 0.15) is 22.3 Å². The summed E-state index contributed by atoms with van der Waals surface area (Å²) >= 11 is 0. The number of rotatable bonds is 5. The van der Waals surface area contributed by atoms with Gasteiger partial charge in [0.25, 0.3) is 0 Å². The molecular weight excluding hydrogens is 312 g/mol. The average molecular weight is 340 g/mol. The van der Waals surface area contributed by atoms with Gasteiger partial charge in [-0.25, -0.2) is 0 Å². The van der Waals surface area contributed by atoms with Gasteiger partial charge in [-0.3, -0.25) is 0 Å². The molecule has 0 amide bonds. The summed E-state index contributed by atoms with van der Waals surface area (Å²) in [6.45, 7) is 15.8. The zero-order valence-electron chi connectivity index (χ0n) is 15.6. The van der Waals surface area contributed by atoms with E-state index in [0.717, 1.165) is 33.4 Å². The first kappa shape index (κ1) is 20.5. The van der Waals surface area contributed by atoms with Crippen LogP contribution < -0.4 is 0 Å². The van der Waals surface area contributed by atoms with Crippen LogP contribution in [-0.4, -0.2) is 23.4 Å². The lowest BCUT2D eigenvalue weighted by Gasteiger charge is -2.11. The van der Waals surface area contributed by atoms with Gasteiger partial charge in [0.05, 0.1) is 13.2 Å². The number of hydrogen-bond donors (Lipinski definition) is 2. The van der Waals surface area contributed by atoms with Crippen molar-refractivity contribution < 1.29 is 14.9 Å². The van der Waals surface area contributed by atoms with E-state index in [2.05, 4.69) is 13.2 Å². The average Bonchev–Trinajstić information content (AvgIpc) is 2.57. The van der Waals surface area contributed by atoms with Gasteiger partial charge in [-0.15, -0.1) is 13.2 Å². The Labute approximate surface area is 150 Å². The molecule has 2 aromatic carbocycles. The third-order valence-electron chi connectivity index (χ3n) is 3.79. The fourth-order valence-corrected chi connectivity index (χ4v) is 2.48. The van der Waals surface area contributed by atoms with Crippen LogP contribution in [0.15, 0.2) is 49.6 Å². The quantitative estimate of drug-likeness (QED) is 0.568. The van der Waals surface area contributed by atoms with Gasteiger partial charge in [0.15, 0.2) is 0 Å². The lowest BCUT2D eigenvalue weighted by Crippen LogP contribution is -1.88. The summed E-state index contributed by atoms with van der Waals surface area (Å²) in [4.78, 5) is 0. The highest BCUT2D eigenvalue weighted by Crippen LogP contribution is 2.32. The minimum absolute atomic E-state index is 0.353. The molecule has 0 fully saturated rings. The second kappa shape index (κ2) is 9.70. The third kappa shape index (κ3) is 5.80. The van der Waals surface area contributed by atoms with Gasteiger partial charge in [-0.1, -0.05) is 12.2 Å². The Balaban J connectivity index is 0.000000381. The van der Waals surface area contributed by atoms with Crippen LogP contribution in [0.2, 0.25) is 0 Å². The summed E-state index contributed by atoms with van der Waals surface area (Å²) in [5.74, 6) is 0.706. The Morgan fingerprint density at radius 1 is 0.720 bits per heavy atom. The molecular formula is C22H28O3. The number of aryl methyl sites for hydroxylation is 4. The fraction of sp³-hybridized carbons (Fsp3) is 0.273. The maximum atomic E-state index is 9.79. The number of phenolic OH excluding ortho intramolecular Hbond substituents is 2. The van der Waals surface area contributed by atoms with E-state index in [1.807, 2.05) is 52.0 Å². The molecule has 3 nitrogen and oxygen atoms in total. The highest BCUT2D eigenvalue weighted by Gasteiger charge is 2.08. The van der Waals surface area contributed by atoms with Gasteiger partial charge < -0.3 is 14.9 Å². The molecule has 0 saturated heterocycles. The summed E-state index contributed by atoms with van der Waals surface area (Å²) in [6.07, 6.45) is 3.42. The van der Waals surface area contributed by atoms with Crippen LogP contribution in [0.4, 0.5) is 0 Å². The first-order valence-electron chi connectivity index (χ1n) is 8.22. The molecule has 0 spiro atoms. The molecule has 0 aliphatic rings. The maximum Gasteiger partial charge on any atom is 0.121 e. The summed E-state index contributed by atoms with van der Waals surface area (Å²) in [5.41, 5.74) is 5.60. The number of aromatic hydroxyl groups is 2. The van der Waals surface area contributed by atoms with Crippen molar-refractivity contribution in [1.29, 1.82) is 0 Å². The summed E-state index contributed by atoms with van der Waals surface area (Å²) in [7, 11) is 0. The first-order valence-corrected chi connectivity index (χ1v) is 8.22. The normalized spacial score (nSPS) is 9.92. The molecule has 25 heavy (non-hydrogen) atoms. The van der Waals surface area contributed by atoms with E-state index in [-0.39, 0.29) is 0 Å². The molecule has 0 aliphatic heterocycles. The summed E-state index contributed by atoms with van der Waals surface area (Å²) < 4.78 is 4.90. The fourth-order valence-electron chi connectivity index (χ4n) is 2.48. The Morgan fingerprint density at radius 3 is 1.24 bits per heavy atom. The Kier molecular flexibility index (Phi) is 7.96. The molecule has 0 heterocycles. The molecule has 134 valence electrons. The molecule has 2 aromatic rings. The lowest BCUT2D eigenvalue weighted by molar-refractivity contribution is 0.194. The van der Waals surface area contributed by atoms with E-state index in [4.69, 9.17) is 4.74 Å². The van der Waals surface area contributed by atoms with Gasteiger partial charge >= 0.3 is 0 Å². The van der Waals surface area contributed by atoms with E-state index in [1.54, 1.807) is 12.2 Å². The van der Waals surface area contributed by atoms with E-state index in [0.29, 0.717) is 24.7 Å². The van der Waals surface area contributed by atoms with Crippen molar-refractivity contribution in [3.8, 4) is 22.6 Å². The van der Waals surface area contributed by atoms with Crippen molar-refractivity contribution in [2.75, 3.05) is 13.2 Å². The minimum atomic E-state index is 0.353. The SMILES string of the molecule is C=CCOCC=C.Cc1cc(-c2cc(C)c(O)c(C)c2)cc(C)c1O. The Bertz CT molecular complexity index is 635. The monoisotopic (exact) mass is 340 g/mol. The molecule has 2 N–H and O–H groups in total. The van der Waals surface area contributed by atoms with E-state index in [1.165, 1.54) is 0 Å². The maximum absolute atomic E-state index is 9.79. The van der Waals surface area contributed by atoms with E-state index in [9.17, 15) is 10.2 Å². The van der Waals surface area contributed by atoms with Crippen LogP contribution in [0, 0.1) is 27.7 Å². The molecule has 0 atom stereocenters. The Hall–Kier alpha value is -2.52. The van der Waals surface area contributed by atoms with Crippen molar-refractivity contribution in [3.05, 3.63) is 71.8 Å². The van der Waals surface area contributed by atoms with Crippen LogP contribution in [0.5, 0.6) is 11.5 Å². The second-order valence-electron chi connectivity index (χ2n) is 6.03. The van der Waals surface area contributed by atoms with Crippen molar-refractivity contribution >= 4 is 0 Å². The molecule has 3 heteroatoms. The minimum Gasteiger partial charge on any atom is -0.507 e. The highest BCUT2D eigenvalue weighted by molar-refractivity contribution is 5.70. The molecule has 0 aliphatic carbocycles. The van der Waals surface area contributed by atoms with Crippen LogP contribution >= 0.6 is 0 Å². The Morgan fingerprint density at radius 2 is 1.00 bits per heavy atom. The number of benzene rings is 2. The standard InChI is InChI=1S/C16H18O2.C6H10O/c1-9-5-13(6-10(2)15(9)17)14-7-11(3)16(18)12(4)8-14;1-3-5-7-6-4-2/h5-8,17-18H,1-4H3;3-4H,1-2,5-6H2. The highest BCUT2D eigenvalue weighted by atomic mass is 16.5. The summed E-state index contributed by atoms with van der Waals surface area (Å²) in [6, 6.07) is 7.86. The molecule has 0 saturated carbocycles. The molecule has 0 unspecified atom stereocenters. The molecule has 0 radical (unpaired) electrons. The molecule has 2 rings (SSSR count). The van der Waals surface area contributed by atoms with Crippen LogP contribution in [0.25, 0.3) is 11.1 Å². The number of ether oxygens (including phenoxy) is 1. The zero-order chi connectivity index (χ0) is 19.0. The molecule has 0 aromatic heterocycles. The largest absolute Gasteiger partial charge is 0.507 e. The van der Waals surface area contributed by atoms with Crippen molar-refractivity contribution in [1.82, 2.24) is 0 Å². The van der Waals surface area contributed by atoms with Crippen molar-refractivity contribution in [3.63, 3.8) is 0 Å². The van der Waals surface area contributed by atoms with Gasteiger partial charge in [-0.05, 0) is 85.3 Å².